The second-order valence-electron chi connectivity index (χ2n) is 16.1. The zero-order valence-corrected chi connectivity index (χ0v) is 39.7. The lowest BCUT2D eigenvalue weighted by molar-refractivity contribution is -0.150. The molecule has 3 unspecified atom stereocenters. The number of carbonyl (C=O) groups excluding carboxylic acids is 2. The summed E-state index contributed by atoms with van der Waals surface area (Å²) < 4.78 is 5.85. The van der Waals surface area contributed by atoms with Gasteiger partial charge in [-0.15, -0.1) is 0 Å². The standard InChI is InChI=1S/C56H91NO5/c1-4-7-10-13-16-19-22-24-26-28-29-31-33-35-38-41-44-47-52(50-55(60)57-53(51-58)54(59)48-45-42-39-36-21-18-15-12-9-6-3)62-56(61)49-46-43-40-37-34-32-30-27-25-23-20-17-14-11-8-5-2/h7-8,10-11,16-17,19-20,24-27,29,31-32,34-35,38,40,43,52-54,58-59H,4-6,9,12-15,18,21-23,28,30,33,36-37,39,41-42,44-51H2,1-3H3,(H,57,60)/b10-7-,11-8+,19-16-,20-17+,26-24-,27-25+,31-29-,34-32+,38-35-,43-40+. The molecule has 0 aromatic carbocycles. The molecule has 0 saturated carbocycles. The number of hydrogen-bond donors (Lipinski definition) is 3. The fourth-order valence-electron chi connectivity index (χ4n) is 6.63. The number of rotatable bonds is 42. The second-order valence-corrected chi connectivity index (χ2v) is 16.1. The molecule has 0 heterocycles. The summed E-state index contributed by atoms with van der Waals surface area (Å²) in [5.41, 5.74) is 0. The van der Waals surface area contributed by atoms with E-state index in [0.29, 0.717) is 19.3 Å². The summed E-state index contributed by atoms with van der Waals surface area (Å²) in [4.78, 5) is 26.1. The van der Waals surface area contributed by atoms with Gasteiger partial charge >= 0.3 is 5.97 Å². The number of unbranched alkanes of at least 4 members (excludes halogenated alkanes) is 10. The molecule has 6 nitrogen and oxygen atoms in total. The van der Waals surface area contributed by atoms with Crippen molar-refractivity contribution in [3.8, 4) is 0 Å². The van der Waals surface area contributed by atoms with Crippen LogP contribution in [0.1, 0.15) is 194 Å². The van der Waals surface area contributed by atoms with Crippen LogP contribution in [-0.4, -0.2) is 46.9 Å². The number of hydrogen-bond acceptors (Lipinski definition) is 5. The fourth-order valence-corrected chi connectivity index (χ4v) is 6.63. The summed E-state index contributed by atoms with van der Waals surface area (Å²) in [6, 6.07) is -0.742. The first-order valence-corrected chi connectivity index (χ1v) is 24.8. The van der Waals surface area contributed by atoms with Crippen molar-refractivity contribution < 1.29 is 24.5 Å². The number of carbonyl (C=O) groups is 2. The summed E-state index contributed by atoms with van der Waals surface area (Å²) in [6.45, 7) is 6.19. The molecule has 0 radical (unpaired) electrons. The molecule has 0 aliphatic rings. The highest BCUT2D eigenvalue weighted by atomic mass is 16.5. The van der Waals surface area contributed by atoms with E-state index in [-0.39, 0.29) is 31.3 Å². The molecular formula is C56H91NO5. The number of allylic oxidation sites excluding steroid dienone is 20. The number of aliphatic hydroxyl groups excluding tert-OH is 2. The molecule has 3 N–H and O–H groups in total. The van der Waals surface area contributed by atoms with Crippen LogP contribution in [0.5, 0.6) is 0 Å². The summed E-state index contributed by atoms with van der Waals surface area (Å²) in [5.74, 6) is -0.644. The normalized spacial score (nSPS) is 14.3. The highest BCUT2D eigenvalue weighted by Gasteiger charge is 2.23. The summed E-state index contributed by atoms with van der Waals surface area (Å²) in [5, 5.41) is 23.6. The molecule has 0 spiro atoms. The van der Waals surface area contributed by atoms with Crippen molar-refractivity contribution >= 4 is 11.9 Å². The second kappa shape index (κ2) is 48.3. The molecule has 62 heavy (non-hydrogen) atoms. The van der Waals surface area contributed by atoms with E-state index in [1.807, 2.05) is 6.08 Å². The van der Waals surface area contributed by atoms with Gasteiger partial charge in [0.05, 0.1) is 25.2 Å². The van der Waals surface area contributed by atoms with E-state index in [4.69, 9.17) is 4.74 Å². The Bertz CT molecular complexity index is 1330. The third kappa shape index (κ3) is 42.9. The van der Waals surface area contributed by atoms with E-state index in [1.165, 1.54) is 44.9 Å². The van der Waals surface area contributed by atoms with Gasteiger partial charge in [-0.25, -0.2) is 0 Å². The Morgan fingerprint density at radius 2 is 0.871 bits per heavy atom. The SMILES string of the molecule is CC/C=C\C/C=C\C/C=C\C/C=C\C/C=C\CCCC(CC(=O)NC(CO)C(O)CCCCCCCCCCCC)OC(=O)CC/C=C/C/C=C/C/C=C/C/C=C/C/C=C/CC. The number of amides is 1. The Morgan fingerprint density at radius 3 is 1.29 bits per heavy atom. The third-order valence-electron chi connectivity index (χ3n) is 10.3. The average Bonchev–Trinajstić information content (AvgIpc) is 3.26. The van der Waals surface area contributed by atoms with E-state index in [0.717, 1.165) is 96.3 Å². The van der Waals surface area contributed by atoms with Crippen molar-refractivity contribution in [2.75, 3.05) is 6.61 Å². The number of nitrogens with one attached hydrogen (secondary N) is 1. The first-order valence-electron chi connectivity index (χ1n) is 24.8. The fraction of sp³-hybridized carbons (Fsp3) is 0.607. The Balaban J connectivity index is 4.86. The van der Waals surface area contributed by atoms with Crippen LogP contribution in [0, 0.1) is 0 Å². The number of aliphatic hydroxyl groups is 2. The van der Waals surface area contributed by atoms with E-state index in [9.17, 15) is 19.8 Å². The van der Waals surface area contributed by atoms with Gasteiger partial charge in [0.25, 0.3) is 0 Å². The monoisotopic (exact) mass is 858 g/mol. The maximum Gasteiger partial charge on any atom is 0.306 e. The molecule has 0 aliphatic heterocycles. The van der Waals surface area contributed by atoms with Crippen LogP contribution in [0.3, 0.4) is 0 Å². The van der Waals surface area contributed by atoms with E-state index in [1.54, 1.807) is 0 Å². The molecule has 3 atom stereocenters. The topological polar surface area (TPSA) is 95.9 Å². The van der Waals surface area contributed by atoms with Gasteiger partial charge in [-0.1, -0.05) is 206 Å². The van der Waals surface area contributed by atoms with Crippen LogP contribution in [0.2, 0.25) is 0 Å². The minimum Gasteiger partial charge on any atom is -0.462 e. The van der Waals surface area contributed by atoms with Crippen LogP contribution >= 0.6 is 0 Å². The Morgan fingerprint density at radius 1 is 0.484 bits per heavy atom. The van der Waals surface area contributed by atoms with Gasteiger partial charge in [0.2, 0.25) is 5.91 Å². The first-order chi connectivity index (χ1) is 30.5. The molecule has 350 valence electrons. The van der Waals surface area contributed by atoms with Gasteiger partial charge in [-0.05, 0) is 96.3 Å². The third-order valence-corrected chi connectivity index (χ3v) is 10.3. The molecule has 0 aromatic heterocycles. The lowest BCUT2D eigenvalue weighted by Crippen LogP contribution is -2.46. The van der Waals surface area contributed by atoms with Crippen LogP contribution < -0.4 is 5.32 Å². The smallest absolute Gasteiger partial charge is 0.306 e. The summed E-state index contributed by atoms with van der Waals surface area (Å²) in [7, 11) is 0. The minimum absolute atomic E-state index is 0.000548. The van der Waals surface area contributed by atoms with E-state index in [2.05, 4.69) is 142 Å². The maximum atomic E-state index is 13.2. The van der Waals surface area contributed by atoms with Crippen molar-refractivity contribution in [1.82, 2.24) is 5.32 Å². The molecule has 0 aromatic rings. The molecule has 0 rings (SSSR count). The first kappa shape index (κ1) is 58.3. The van der Waals surface area contributed by atoms with Crippen molar-refractivity contribution in [1.29, 1.82) is 0 Å². The molecule has 0 saturated heterocycles. The Hall–Kier alpha value is -3.74. The molecular weight excluding hydrogens is 767 g/mol. The Kier molecular flexibility index (Phi) is 45.4. The predicted molar refractivity (Wildman–Crippen MR) is 268 cm³/mol. The number of ether oxygens (including phenoxy) is 1. The van der Waals surface area contributed by atoms with Crippen molar-refractivity contribution in [3.05, 3.63) is 122 Å². The number of esters is 1. The van der Waals surface area contributed by atoms with E-state index < -0.39 is 18.2 Å². The van der Waals surface area contributed by atoms with Crippen LogP contribution in [0.4, 0.5) is 0 Å². The Labute approximate surface area is 380 Å². The maximum absolute atomic E-state index is 13.2. The minimum atomic E-state index is -0.821. The zero-order valence-electron chi connectivity index (χ0n) is 39.7. The highest BCUT2D eigenvalue weighted by molar-refractivity contribution is 5.77. The van der Waals surface area contributed by atoms with Crippen LogP contribution in [0.25, 0.3) is 0 Å². The molecule has 0 fully saturated rings. The molecule has 0 bridgehead atoms. The quantitative estimate of drug-likeness (QED) is 0.0323. The van der Waals surface area contributed by atoms with Gasteiger partial charge in [-0.3, -0.25) is 9.59 Å². The lowest BCUT2D eigenvalue weighted by atomic mass is 10.0. The molecule has 6 heteroatoms. The van der Waals surface area contributed by atoms with Gasteiger partial charge in [0, 0.05) is 6.42 Å². The molecule has 1 amide bonds. The predicted octanol–water partition coefficient (Wildman–Crippen LogP) is 14.9. The van der Waals surface area contributed by atoms with Gasteiger partial charge in [0.1, 0.15) is 6.10 Å². The molecule has 0 aliphatic carbocycles. The van der Waals surface area contributed by atoms with E-state index >= 15 is 0 Å². The largest absolute Gasteiger partial charge is 0.462 e. The van der Waals surface area contributed by atoms with Crippen LogP contribution in [-0.2, 0) is 14.3 Å². The van der Waals surface area contributed by atoms with Crippen LogP contribution in [0.15, 0.2) is 122 Å². The highest BCUT2D eigenvalue weighted by Crippen LogP contribution is 2.15. The average molecular weight is 858 g/mol. The summed E-state index contributed by atoms with van der Waals surface area (Å²) >= 11 is 0. The van der Waals surface area contributed by atoms with Crippen molar-refractivity contribution in [2.24, 2.45) is 0 Å². The van der Waals surface area contributed by atoms with Gasteiger partial charge in [0.15, 0.2) is 0 Å². The lowest BCUT2D eigenvalue weighted by Gasteiger charge is -2.24. The van der Waals surface area contributed by atoms with Crippen molar-refractivity contribution in [3.63, 3.8) is 0 Å². The van der Waals surface area contributed by atoms with Crippen molar-refractivity contribution in [2.45, 2.75) is 212 Å². The van der Waals surface area contributed by atoms with Gasteiger partial charge < -0.3 is 20.3 Å². The summed E-state index contributed by atoms with van der Waals surface area (Å²) in [6.07, 6.45) is 67.0. The van der Waals surface area contributed by atoms with Gasteiger partial charge in [-0.2, -0.15) is 0 Å². The zero-order chi connectivity index (χ0) is 45.2.